The van der Waals surface area contributed by atoms with Gasteiger partial charge in [0.1, 0.15) is 16.8 Å². The maximum atomic E-state index is 13.9. The van der Waals surface area contributed by atoms with Gasteiger partial charge in [0.05, 0.1) is 41.0 Å². The number of sulfonamides is 1. The van der Waals surface area contributed by atoms with Crippen LogP contribution >= 0.6 is 0 Å². The standard InChI is InChI=1S/C15H14FN5O3S/c1-9(8-22)21-7-11(6-19-21)25(23,24)20-13-3-2-12(16)14-10(4-17)5-18-15(13)14/h2-3,5-7,9,18,20,22H,8H2,1H3/t9-/m1/s1. The second-order valence-corrected chi connectivity index (χ2v) is 7.13. The molecule has 2 aromatic heterocycles. The highest BCUT2D eigenvalue weighted by Gasteiger charge is 2.21. The van der Waals surface area contributed by atoms with Gasteiger partial charge in [0.15, 0.2) is 0 Å². The van der Waals surface area contributed by atoms with Crippen molar-refractivity contribution < 1.29 is 17.9 Å². The highest BCUT2D eigenvalue weighted by molar-refractivity contribution is 7.92. The van der Waals surface area contributed by atoms with Crippen molar-refractivity contribution in [3.05, 3.63) is 42.1 Å². The third kappa shape index (κ3) is 2.95. The first kappa shape index (κ1) is 16.9. The van der Waals surface area contributed by atoms with Crippen LogP contribution < -0.4 is 4.72 Å². The van der Waals surface area contributed by atoms with E-state index in [9.17, 15) is 12.8 Å². The number of H-pyrrole nitrogens is 1. The van der Waals surface area contributed by atoms with E-state index in [-0.39, 0.29) is 39.7 Å². The number of aromatic amines is 1. The van der Waals surface area contributed by atoms with Crippen LogP contribution in [-0.2, 0) is 10.0 Å². The maximum Gasteiger partial charge on any atom is 0.265 e. The highest BCUT2D eigenvalue weighted by atomic mass is 32.2. The van der Waals surface area contributed by atoms with Crippen molar-refractivity contribution in [1.29, 1.82) is 5.26 Å². The molecule has 8 nitrogen and oxygen atoms in total. The molecule has 2 heterocycles. The van der Waals surface area contributed by atoms with Gasteiger partial charge in [-0.15, -0.1) is 0 Å². The Morgan fingerprint density at radius 1 is 1.52 bits per heavy atom. The van der Waals surface area contributed by atoms with E-state index in [1.165, 1.54) is 23.1 Å². The molecule has 3 aromatic rings. The minimum Gasteiger partial charge on any atom is -0.394 e. The fraction of sp³-hybridized carbons (Fsp3) is 0.200. The van der Waals surface area contributed by atoms with Crippen LogP contribution in [-0.4, -0.2) is 34.9 Å². The molecule has 0 bridgehead atoms. The summed E-state index contributed by atoms with van der Waals surface area (Å²) in [5.41, 5.74) is 0.371. The number of nitrogens with one attached hydrogen (secondary N) is 2. The molecule has 0 aliphatic rings. The molecule has 0 aliphatic carbocycles. The fourth-order valence-electron chi connectivity index (χ4n) is 2.37. The number of halogens is 1. The summed E-state index contributed by atoms with van der Waals surface area (Å²) >= 11 is 0. The van der Waals surface area contributed by atoms with Gasteiger partial charge in [-0.05, 0) is 19.1 Å². The lowest BCUT2D eigenvalue weighted by molar-refractivity contribution is 0.229. The Balaban J connectivity index is 2.01. The molecule has 1 aromatic carbocycles. The SMILES string of the molecule is C[C@H](CO)n1cc(S(=O)(=O)Nc2ccc(F)c3c(C#N)c[nH]c23)cn1. The number of hydrogen-bond donors (Lipinski definition) is 3. The molecule has 130 valence electrons. The lowest BCUT2D eigenvalue weighted by atomic mass is 10.1. The second kappa shape index (κ2) is 6.19. The summed E-state index contributed by atoms with van der Waals surface area (Å²) in [6, 6.07) is 3.84. The van der Waals surface area contributed by atoms with Crippen molar-refractivity contribution in [2.45, 2.75) is 17.9 Å². The van der Waals surface area contributed by atoms with E-state index in [2.05, 4.69) is 14.8 Å². The Bertz CT molecular complexity index is 1080. The van der Waals surface area contributed by atoms with E-state index in [0.717, 1.165) is 12.3 Å². The Kier molecular flexibility index (Phi) is 4.20. The monoisotopic (exact) mass is 363 g/mol. The van der Waals surface area contributed by atoms with E-state index < -0.39 is 15.8 Å². The molecule has 0 saturated carbocycles. The van der Waals surface area contributed by atoms with E-state index in [4.69, 9.17) is 10.4 Å². The van der Waals surface area contributed by atoms with E-state index >= 15 is 0 Å². The van der Waals surface area contributed by atoms with Crippen LogP contribution in [0, 0.1) is 17.1 Å². The number of aliphatic hydroxyl groups excluding tert-OH is 1. The zero-order chi connectivity index (χ0) is 18.2. The summed E-state index contributed by atoms with van der Waals surface area (Å²) in [5.74, 6) is -0.625. The molecule has 0 radical (unpaired) electrons. The molecular formula is C15H14FN5O3S. The van der Waals surface area contributed by atoms with Gasteiger partial charge >= 0.3 is 0 Å². The molecule has 0 fully saturated rings. The Morgan fingerprint density at radius 2 is 2.28 bits per heavy atom. The molecule has 10 heteroatoms. The highest BCUT2D eigenvalue weighted by Crippen LogP contribution is 2.29. The molecule has 0 amide bonds. The van der Waals surface area contributed by atoms with Gasteiger partial charge in [0.25, 0.3) is 10.0 Å². The van der Waals surface area contributed by atoms with E-state index in [1.54, 1.807) is 6.92 Å². The lowest BCUT2D eigenvalue weighted by Crippen LogP contribution is -2.13. The van der Waals surface area contributed by atoms with Crippen LogP contribution in [0.3, 0.4) is 0 Å². The van der Waals surface area contributed by atoms with Crippen molar-refractivity contribution in [2.75, 3.05) is 11.3 Å². The third-order valence-electron chi connectivity index (χ3n) is 3.75. The largest absolute Gasteiger partial charge is 0.394 e. The zero-order valence-corrected chi connectivity index (χ0v) is 13.9. The first-order valence-corrected chi connectivity index (χ1v) is 8.73. The summed E-state index contributed by atoms with van der Waals surface area (Å²) in [6.07, 6.45) is 3.76. The number of hydrogen-bond acceptors (Lipinski definition) is 5. The normalized spacial score (nSPS) is 12.9. The van der Waals surface area contributed by atoms with Crippen LogP contribution in [0.4, 0.5) is 10.1 Å². The van der Waals surface area contributed by atoms with E-state index in [1.807, 2.05) is 6.07 Å². The summed E-state index contributed by atoms with van der Waals surface area (Å²) < 4.78 is 42.7. The summed E-state index contributed by atoms with van der Waals surface area (Å²) in [7, 11) is -3.98. The second-order valence-electron chi connectivity index (χ2n) is 5.45. The Morgan fingerprint density at radius 3 is 2.96 bits per heavy atom. The lowest BCUT2D eigenvalue weighted by Gasteiger charge is -2.09. The Hall–Kier alpha value is -2.90. The van der Waals surface area contributed by atoms with Crippen molar-refractivity contribution in [3.8, 4) is 6.07 Å². The van der Waals surface area contributed by atoms with Crippen LogP contribution in [0.1, 0.15) is 18.5 Å². The van der Waals surface area contributed by atoms with Gasteiger partial charge in [-0.1, -0.05) is 0 Å². The third-order valence-corrected chi connectivity index (χ3v) is 5.07. The molecule has 3 N–H and O–H groups in total. The average molecular weight is 363 g/mol. The first-order chi connectivity index (χ1) is 11.9. The van der Waals surface area contributed by atoms with Gasteiger partial charge in [-0.3, -0.25) is 9.40 Å². The number of benzene rings is 1. The number of nitrogens with zero attached hydrogens (tertiary/aromatic N) is 3. The minimum absolute atomic E-state index is 0.0206. The molecule has 25 heavy (non-hydrogen) atoms. The average Bonchev–Trinajstić information content (AvgIpc) is 3.24. The summed E-state index contributed by atoms with van der Waals surface area (Å²) in [6.45, 7) is 1.50. The summed E-state index contributed by atoms with van der Waals surface area (Å²) in [5, 5.41) is 22.1. The zero-order valence-electron chi connectivity index (χ0n) is 13.1. The molecular weight excluding hydrogens is 349 g/mol. The fourth-order valence-corrected chi connectivity index (χ4v) is 3.38. The van der Waals surface area contributed by atoms with Gasteiger partial charge < -0.3 is 10.1 Å². The molecule has 0 spiro atoms. The molecule has 0 aliphatic heterocycles. The van der Waals surface area contributed by atoms with E-state index in [0.29, 0.717) is 0 Å². The van der Waals surface area contributed by atoms with Gasteiger partial charge in [-0.25, -0.2) is 12.8 Å². The summed E-state index contributed by atoms with van der Waals surface area (Å²) in [4.78, 5) is 2.61. The van der Waals surface area contributed by atoms with Crippen molar-refractivity contribution in [1.82, 2.24) is 14.8 Å². The maximum absolute atomic E-state index is 13.9. The van der Waals surface area contributed by atoms with Gasteiger partial charge in [0, 0.05) is 12.4 Å². The van der Waals surface area contributed by atoms with Gasteiger partial charge in [0.2, 0.25) is 0 Å². The quantitative estimate of drug-likeness (QED) is 0.637. The van der Waals surface area contributed by atoms with Gasteiger partial charge in [-0.2, -0.15) is 10.4 Å². The number of nitriles is 1. The van der Waals surface area contributed by atoms with Crippen molar-refractivity contribution >= 4 is 26.6 Å². The van der Waals surface area contributed by atoms with Crippen LogP contribution in [0.5, 0.6) is 0 Å². The van der Waals surface area contributed by atoms with Crippen LogP contribution in [0.15, 0.2) is 35.6 Å². The smallest absolute Gasteiger partial charge is 0.265 e. The number of rotatable bonds is 5. The number of fused-ring (bicyclic) bond motifs is 1. The predicted octanol–water partition coefficient (Wildman–Crippen LogP) is 1.73. The Labute approximate surface area is 142 Å². The number of anilines is 1. The molecule has 3 rings (SSSR count). The van der Waals surface area contributed by atoms with Crippen molar-refractivity contribution in [3.63, 3.8) is 0 Å². The number of aromatic nitrogens is 3. The predicted molar refractivity (Wildman–Crippen MR) is 87.8 cm³/mol. The first-order valence-electron chi connectivity index (χ1n) is 7.25. The van der Waals surface area contributed by atoms with Crippen LogP contribution in [0.25, 0.3) is 10.9 Å². The van der Waals surface area contributed by atoms with Crippen molar-refractivity contribution in [2.24, 2.45) is 0 Å². The number of aliphatic hydroxyl groups is 1. The molecule has 0 saturated heterocycles. The van der Waals surface area contributed by atoms with Crippen LogP contribution in [0.2, 0.25) is 0 Å². The molecule has 1 atom stereocenters. The minimum atomic E-state index is -3.98. The molecule has 0 unspecified atom stereocenters. The topological polar surface area (TPSA) is 124 Å².